The van der Waals surface area contributed by atoms with Gasteiger partial charge in [0.25, 0.3) is 5.91 Å². The van der Waals surface area contributed by atoms with E-state index in [4.69, 9.17) is 5.73 Å². The van der Waals surface area contributed by atoms with Crippen molar-refractivity contribution >= 4 is 35.7 Å². The number of aromatic nitrogens is 1. The van der Waals surface area contributed by atoms with Crippen molar-refractivity contribution in [3.05, 3.63) is 113 Å². The van der Waals surface area contributed by atoms with Gasteiger partial charge in [0.1, 0.15) is 28.5 Å². The number of anilines is 1. The van der Waals surface area contributed by atoms with E-state index in [0.717, 1.165) is 22.2 Å². The van der Waals surface area contributed by atoms with Gasteiger partial charge in [-0.25, -0.2) is 4.98 Å². The van der Waals surface area contributed by atoms with Crippen LogP contribution in [0.3, 0.4) is 0 Å². The normalized spacial score (nSPS) is 11.1. The Balaban J connectivity index is 1.89. The summed E-state index contributed by atoms with van der Waals surface area (Å²) in [6.45, 7) is 1.90. The second-order valence-electron chi connectivity index (χ2n) is 8.40. The highest BCUT2D eigenvalue weighted by Crippen LogP contribution is 2.38. The Morgan fingerprint density at radius 3 is 2.00 bits per heavy atom. The predicted octanol–water partition coefficient (Wildman–Crippen LogP) is 4.98. The number of nitriles is 2. The predicted molar refractivity (Wildman–Crippen MR) is 147 cm³/mol. The van der Waals surface area contributed by atoms with Gasteiger partial charge in [-0.05, 0) is 24.6 Å². The molecule has 39 heavy (non-hydrogen) atoms. The molecule has 2 amide bonds. The number of rotatable bonds is 8. The fourth-order valence-electron chi connectivity index (χ4n) is 3.92. The number of aryl methyl sites for hydroxylation is 1. The van der Waals surface area contributed by atoms with Gasteiger partial charge >= 0.3 is 0 Å². The second-order valence-corrected chi connectivity index (χ2v) is 9.47. The molecular weight excluding hydrogens is 510 g/mol. The number of carbonyl (C=O) groups excluding carboxylic acids is 3. The maximum absolute atomic E-state index is 13.7. The van der Waals surface area contributed by atoms with Crippen molar-refractivity contribution in [1.29, 1.82) is 10.5 Å². The molecule has 0 spiro atoms. The van der Waals surface area contributed by atoms with Gasteiger partial charge in [0.2, 0.25) is 6.41 Å². The van der Waals surface area contributed by atoms with Crippen molar-refractivity contribution in [3.8, 4) is 23.3 Å². The summed E-state index contributed by atoms with van der Waals surface area (Å²) in [6, 6.07) is 27.5. The van der Waals surface area contributed by atoms with E-state index in [1.165, 1.54) is 12.1 Å². The first kappa shape index (κ1) is 26.8. The summed E-state index contributed by atoms with van der Waals surface area (Å²) in [5.41, 5.74) is 8.41. The van der Waals surface area contributed by atoms with Crippen molar-refractivity contribution < 1.29 is 14.4 Å². The quantitative estimate of drug-likeness (QED) is 0.145. The molecule has 0 saturated carbocycles. The van der Waals surface area contributed by atoms with Crippen molar-refractivity contribution in [2.75, 3.05) is 5.73 Å². The summed E-state index contributed by atoms with van der Waals surface area (Å²) >= 11 is 0.745. The van der Waals surface area contributed by atoms with E-state index < -0.39 is 17.1 Å². The van der Waals surface area contributed by atoms with E-state index >= 15 is 0 Å². The Morgan fingerprint density at radius 1 is 0.897 bits per heavy atom. The number of ketones is 1. The number of amides is 2. The average molecular weight is 532 g/mol. The summed E-state index contributed by atoms with van der Waals surface area (Å²) in [5, 5.41) is 18.6. The molecule has 3 aromatic carbocycles. The van der Waals surface area contributed by atoms with Gasteiger partial charge < -0.3 is 5.73 Å². The number of thioether (sulfide) groups is 1. The van der Waals surface area contributed by atoms with Crippen LogP contribution in [0, 0.1) is 29.6 Å². The van der Waals surface area contributed by atoms with Gasteiger partial charge in [-0.1, -0.05) is 90.1 Å². The van der Waals surface area contributed by atoms with Crippen LogP contribution in [0.15, 0.2) is 90.0 Å². The summed E-state index contributed by atoms with van der Waals surface area (Å²) in [6.07, 6.45) is 0.285. The number of carbonyl (C=O) groups is 3. The minimum Gasteiger partial charge on any atom is -0.383 e. The number of imide groups is 1. The zero-order valence-corrected chi connectivity index (χ0v) is 21.6. The van der Waals surface area contributed by atoms with Crippen molar-refractivity contribution in [2.45, 2.75) is 17.3 Å². The Morgan fingerprint density at radius 2 is 1.46 bits per heavy atom. The summed E-state index contributed by atoms with van der Waals surface area (Å²) in [4.78, 5) is 44.4. The molecule has 8 nitrogen and oxygen atoms in total. The van der Waals surface area contributed by atoms with E-state index in [1.807, 2.05) is 25.1 Å². The number of Topliss-reactive ketones (excluding diaryl/α,β-unsaturated/α-hetero) is 1. The van der Waals surface area contributed by atoms with Crippen molar-refractivity contribution in [2.24, 2.45) is 0 Å². The Bertz CT molecular complexity index is 1630. The van der Waals surface area contributed by atoms with Gasteiger partial charge in [0.15, 0.2) is 11.2 Å². The molecule has 0 radical (unpaired) electrons. The van der Waals surface area contributed by atoms with E-state index in [1.54, 1.807) is 60.7 Å². The van der Waals surface area contributed by atoms with Crippen LogP contribution in [-0.2, 0) is 4.79 Å². The van der Waals surface area contributed by atoms with E-state index in [2.05, 4.69) is 11.1 Å². The number of nitrogens with zero attached hydrogens (tertiary/aromatic N) is 4. The molecule has 9 heteroatoms. The maximum Gasteiger partial charge on any atom is 0.261 e. The minimum atomic E-state index is -1.42. The van der Waals surface area contributed by atoms with Crippen molar-refractivity contribution in [3.63, 3.8) is 0 Å². The molecule has 1 atom stereocenters. The SMILES string of the molecule is Cc1ccc(-c2c(C#N)c(N)nc(SC(C(=O)c3ccccc3)N(C=O)C(=O)c3ccccc3)c2C#N)cc1. The van der Waals surface area contributed by atoms with Gasteiger partial charge in [-0.15, -0.1) is 0 Å². The Kier molecular flexibility index (Phi) is 8.15. The van der Waals surface area contributed by atoms with Gasteiger partial charge in [0, 0.05) is 16.7 Å². The monoisotopic (exact) mass is 531 g/mol. The first-order valence-corrected chi connectivity index (χ1v) is 12.6. The molecule has 1 heterocycles. The highest BCUT2D eigenvalue weighted by molar-refractivity contribution is 8.00. The Hall–Kier alpha value is -5.25. The number of nitrogen functional groups attached to an aromatic ring is 1. The fourth-order valence-corrected chi connectivity index (χ4v) is 5.05. The number of pyridine rings is 1. The minimum absolute atomic E-state index is 0.00141. The average Bonchev–Trinajstić information content (AvgIpc) is 2.97. The van der Waals surface area contributed by atoms with E-state index in [0.29, 0.717) is 5.56 Å². The lowest BCUT2D eigenvalue weighted by Crippen LogP contribution is -2.42. The molecule has 0 aliphatic carbocycles. The third kappa shape index (κ3) is 5.54. The molecule has 1 unspecified atom stereocenters. The summed E-state index contributed by atoms with van der Waals surface area (Å²) in [5.74, 6) is -1.40. The fraction of sp³-hybridized carbons (Fsp3) is 0.0667. The van der Waals surface area contributed by atoms with Crippen LogP contribution in [0.1, 0.15) is 37.4 Å². The number of hydrogen-bond donors (Lipinski definition) is 1. The van der Waals surface area contributed by atoms with Crippen LogP contribution in [0.25, 0.3) is 11.1 Å². The third-order valence-electron chi connectivity index (χ3n) is 5.88. The number of nitrogens with two attached hydrogens (primary N) is 1. The van der Waals surface area contributed by atoms with Crippen LogP contribution < -0.4 is 5.73 Å². The highest BCUT2D eigenvalue weighted by Gasteiger charge is 2.34. The van der Waals surface area contributed by atoms with E-state index in [-0.39, 0.29) is 45.1 Å². The number of hydrogen-bond acceptors (Lipinski definition) is 8. The maximum atomic E-state index is 13.7. The third-order valence-corrected chi connectivity index (χ3v) is 7.07. The smallest absolute Gasteiger partial charge is 0.261 e. The molecule has 190 valence electrons. The lowest BCUT2D eigenvalue weighted by molar-refractivity contribution is -0.116. The molecule has 2 N–H and O–H groups in total. The summed E-state index contributed by atoms with van der Waals surface area (Å²) < 4.78 is 0. The highest BCUT2D eigenvalue weighted by atomic mass is 32.2. The van der Waals surface area contributed by atoms with Crippen LogP contribution >= 0.6 is 11.8 Å². The molecule has 0 aliphatic rings. The molecule has 4 aromatic rings. The molecule has 1 aromatic heterocycles. The standard InChI is InChI=1S/C30H21N5O3S/c1-19-12-14-20(15-13-19)25-23(16-31)27(33)34-28(24(25)17-32)39-30(26(37)21-8-4-2-5-9-21)35(18-36)29(38)22-10-6-3-7-11-22/h2-15,18,30H,1H3,(H2,33,34). The molecular formula is C30H21N5O3S. The van der Waals surface area contributed by atoms with Crippen molar-refractivity contribution in [1.82, 2.24) is 9.88 Å². The van der Waals surface area contributed by atoms with Gasteiger partial charge in [0.05, 0.1) is 5.56 Å². The van der Waals surface area contributed by atoms with Crippen LogP contribution in [-0.4, -0.2) is 33.4 Å². The van der Waals surface area contributed by atoms with E-state index in [9.17, 15) is 24.9 Å². The van der Waals surface area contributed by atoms with Crippen LogP contribution in [0.2, 0.25) is 0 Å². The molecule has 0 aliphatic heterocycles. The molecule has 4 rings (SSSR count). The largest absolute Gasteiger partial charge is 0.383 e. The second kappa shape index (κ2) is 11.9. The zero-order valence-electron chi connectivity index (χ0n) is 20.7. The number of benzene rings is 3. The molecule has 0 fully saturated rings. The first-order chi connectivity index (χ1) is 18.9. The van der Waals surface area contributed by atoms with Crippen LogP contribution in [0.4, 0.5) is 5.82 Å². The lowest BCUT2D eigenvalue weighted by Gasteiger charge is -2.26. The van der Waals surface area contributed by atoms with Gasteiger partial charge in [-0.3, -0.25) is 19.3 Å². The zero-order chi connectivity index (χ0) is 27.9. The van der Waals surface area contributed by atoms with Gasteiger partial charge in [-0.2, -0.15) is 10.5 Å². The first-order valence-electron chi connectivity index (χ1n) is 11.7. The Labute approximate surface area is 229 Å². The summed E-state index contributed by atoms with van der Waals surface area (Å²) in [7, 11) is 0. The molecule has 0 bridgehead atoms. The topological polar surface area (TPSA) is 141 Å². The molecule has 0 saturated heterocycles. The lowest BCUT2D eigenvalue weighted by atomic mass is 9.96. The van der Waals surface area contributed by atoms with Crippen LogP contribution in [0.5, 0.6) is 0 Å².